The van der Waals surface area contributed by atoms with Crippen LogP contribution in [-0.4, -0.2) is 56.7 Å². The van der Waals surface area contributed by atoms with Crippen molar-refractivity contribution in [1.82, 2.24) is 24.6 Å². The largest absolute Gasteiger partial charge is 0.353 e. The van der Waals surface area contributed by atoms with Crippen LogP contribution in [0.4, 0.5) is 5.82 Å². The van der Waals surface area contributed by atoms with Gasteiger partial charge in [0.2, 0.25) is 5.91 Å². The molecule has 1 amide bonds. The molecule has 4 rings (SSSR count). The van der Waals surface area contributed by atoms with Gasteiger partial charge >= 0.3 is 0 Å². The van der Waals surface area contributed by atoms with Crippen LogP contribution in [0.2, 0.25) is 0 Å². The van der Waals surface area contributed by atoms with Crippen LogP contribution in [0.3, 0.4) is 0 Å². The van der Waals surface area contributed by atoms with Crippen LogP contribution in [0.1, 0.15) is 37.8 Å². The summed E-state index contributed by atoms with van der Waals surface area (Å²) in [5.74, 6) is 2.60. The Balaban J connectivity index is 1.36. The van der Waals surface area contributed by atoms with Gasteiger partial charge in [-0.1, -0.05) is 12.8 Å². The number of amides is 1. The van der Waals surface area contributed by atoms with E-state index in [9.17, 15) is 4.79 Å². The zero-order valence-electron chi connectivity index (χ0n) is 15.3. The lowest BCUT2D eigenvalue weighted by atomic mass is 10.0. The molecule has 1 saturated heterocycles. The van der Waals surface area contributed by atoms with Crippen molar-refractivity contribution >= 4 is 11.7 Å². The molecule has 26 heavy (non-hydrogen) atoms. The second kappa shape index (κ2) is 7.43. The SMILES string of the molecule is Cc1ccn(-c2cc(N3CCN(C(=O)CC4CCCC4)CC3)ncn2)n1. The second-order valence-corrected chi connectivity index (χ2v) is 7.36. The molecule has 3 heterocycles. The summed E-state index contributed by atoms with van der Waals surface area (Å²) in [5.41, 5.74) is 0.958. The molecule has 0 radical (unpaired) electrons. The zero-order chi connectivity index (χ0) is 17.9. The zero-order valence-corrected chi connectivity index (χ0v) is 15.3. The molecule has 1 aliphatic heterocycles. The second-order valence-electron chi connectivity index (χ2n) is 7.36. The number of piperazine rings is 1. The third-order valence-corrected chi connectivity index (χ3v) is 5.49. The van der Waals surface area contributed by atoms with E-state index in [0.717, 1.165) is 49.9 Å². The number of nitrogens with zero attached hydrogens (tertiary/aromatic N) is 6. The monoisotopic (exact) mass is 354 g/mol. The lowest BCUT2D eigenvalue weighted by Gasteiger charge is -2.35. The average molecular weight is 354 g/mol. The Hall–Kier alpha value is -2.44. The highest BCUT2D eigenvalue weighted by atomic mass is 16.2. The van der Waals surface area contributed by atoms with Gasteiger partial charge in [-0.2, -0.15) is 5.10 Å². The molecule has 0 spiro atoms. The van der Waals surface area contributed by atoms with Crippen LogP contribution in [0.25, 0.3) is 5.82 Å². The van der Waals surface area contributed by atoms with Gasteiger partial charge in [0.15, 0.2) is 5.82 Å². The lowest BCUT2D eigenvalue weighted by Crippen LogP contribution is -2.49. The minimum Gasteiger partial charge on any atom is -0.353 e. The third-order valence-electron chi connectivity index (χ3n) is 5.49. The van der Waals surface area contributed by atoms with Gasteiger partial charge in [0.05, 0.1) is 5.69 Å². The van der Waals surface area contributed by atoms with Crippen LogP contribution in [0.15, 0.2) is 24.7 Å². The summed E-state index contributed by atoms with van der Waals surface area (Å²) in [7, 11) is 0. The fraction of sp³-hybridized carbons (Fsp3) is 0.579. The Morgan fingerprint density at radius 2 is 1.85 bits per heavy atom. The van der Waals surface area contributed by atoms with Crippen LogP contribution >= 0.6 is 0 Å². The highest BCUT2D eigenvalue weighted by Gasteiger charge is 2.25. The molecule has 2 aliphatic rings. The standard InChI is InChI=1S/C19H26N6O/c1-15-6-7-25(22-15)18-13-17(20-14-21-18)23-8-10-24(11-9-23)19(26)12-16-4-2-3-5-16/h6-7,13-14,16H,2-5,8-12H2,1H3. The Bertz CT molecular complexity index is 759. The van der Waals surface area contributed by atoms with Gasteiger partial charge in [0, 0.05) is 44.9 Å². The maximum atomic E-state index is 12.5. The molecule has 1 aliphatic carbocycles. The van der Waals surface area contributed by atoms with E-state index in [-0.39, 0.29) is 0 Å². The number of aryl methyl sites for hydroxylation is 1. The molecule has 2 aromatic rings. The van der Waals surface area contributed by atoms with E-state index < -0.39 is 0 Å². The number of rotatable bonds is 4. The van der Waals surface area contributed by atoms with Crippen LogP contribution in [-0.2, 0) is 4.79 Å². The van der Waals surface area contributed by atoms with E-state index in [0.29, 0.717) is 11.8 Å². The Morgan fingerprint density at radius 3 is 2.54 bits per heavy atom. The number of aromatic nitrogens is 4. The first-order chi connectivity index (χ1) is 12.7. The molecule has 0 bridgehead atoms. The summed E-state index contributed by atoms with van der Waals surface area (Å²) >= 11 is 0. The lowest BCUT2D eigenvalue weighted by molar-refractivity contribution is -0.132. The summed E-state index contributed by atoms with van der Waals surface area (Å²) < 4.78 is 1.77. The van der Waals surface area contributed by atoms with Gasteiger partial charge < -0.3 is 9.80 Å². The maximum absolute atomic E-state index is 12.5. The first-order valence-corrected chi connectivity index (χ1v) is 9.56. The molecule has 0 atom stereocenters. The quantitative estimate of drug-likeness (QED) is 0.842. The maximum Gasteiger partial charge on any atom is 0.222 e. The van der Waals surface area contributed by atoms with Gasteiger partial charge in [0.25, 0.3) is 0 Å². The van der Waals surface area contributed by atoms with E-state index in [2.05, 4.69) is 20.0 Å². The topological polar surface area (TPSA) is 67.2 Å². The van der Waals surface area contributed by atoms with E-state index in [1.807, 2.05) is 30.2 Å². The first kappa shape index (κ1) is 17.0. The van der Waals surface area contributed by atoms with Crippen molar-refractivity contribution in [3.8, 4) is 5.82 Å². The van der Waals surface area contributed by atoms with Crippen molar-refractivity contribution < 1.29 is 4.79 Å². The average Bonchev–Trinajstić information content (AvgIpc) is 3.34. The summed E-state index contributed by atoms with van der Waals surface area (Å²) in [5, 5.41) is 4.41. The number of carbonyl (C=O) groups is 1. The molecule has 1 saturated carbocycles. The number of hydrogen-bond acceptors (Lipinski definition) is 5. The third kappa shape index (κ3) is 3.71. The van der Waals surface area contributed by atoms with E-state index in [1.165, 1.54) is 25.7 Å². The predicted octanol–water partition coefficient (Wildman–Crippen LogP) is 2.20. The molecule has 7 heteroatoms. The van der Waals surface area contributed by atoms with Gasteiger partial charge in [-0.15, -0.1) is 0 Å². The van der Waals surface area contributed by atoms with Gasteiger partial charge in [-0.25, -0.2) is 14.6 Å². The molecule has 0 unspecified atom stereocenters. The Morgan fingerprint density at radius 1 is 1.12 bits per heavy atom. The number of hydrogen-bond donors (Lipinski definition) is 0. The molecule has 0 N–H and O–H groups in total. The van der Waals surface area contributed by atoms with Crippen molar-refractivity contribution in [3.05, 3.63) is 30.4 Å². The Labute approximate surface area is 154 Å². The minimum atomic E-state index is 0.326. The van der Waals surface area contributed by atoms with Crippen molar-refractivity contribution in [1.29, 1.82) is 0 Å². The van der Waals surface area contributed by atoms with E-state index in [1.54, 1.807) is 11.0 Å². The van der Waals surface area contributed by atoms with Crippen molar-refractivity contribution in [2.45, 2.75) is 39.0 Å². The van der Waals surface area contributed by atoms with Crippen LogP contribution in [0, 0.1) is 12.8 Å². The van der Waals surface area contributed by atoms with E-state index in [4.69, 9.17) is 0 Å². The highest BCUT2D eigenvalue weighted by Crippen LogP contribution is 2.28. The summed E-state index contributed by atoms with van der Waals surface area (Å²) in [4.78, 5) is 25.5. The van der Waals surface area contributed by atoms with Gasteiger partial charge in [-0.05, 0) is 31.7 Å². The molecular weight excluding hydrogens is 328 g/mol. The Kier molecular flexibility index (Phi) is 4.86. The molecular formula is C19H26N6O. The fourth-order valence-electron chi connectivity index (χ4n) is 3.95. The van der Waals surface area contributed by atoms with Crippen LogP contribution < -0.4 is 4.90 Å². The molecule has 2 aromatic heterocycles. The van der Waals surface area contributed by atoms with E-state index >= 15 is 0 Å². The molecule has 0 aromatic carbocycles. The van der Waals surface area contributed by atoms with Gasteiger partial charge in [-0.3, -0.25) is 4.79 Å². The first-order valence-electron chi connectivity index (χ1n) is 9.56. The molecule has 138 valence electrons. The van der Waals surface area contributed by atoms with Gasteiger partial charge in [0.1, 0.15) is 12.1 Å². The number of carbonyl (C=O) groups excluding carboxylic acids is 1. The van der Waals surface area contributed by atoms with Crippen molar-refractivity contribution in [3.63, 3.8) is 0 Å². The minimum absolute atomic E-state index is 0.326. The smallest absolute Gasteiger partial charge is 0.222 e. The van der Waals surface area contributed by atoms with Crippen molar-refractivity contribution in [2.75, 3.05) is 31.1 Å². The molecule has 2 fully saturated rings. The fourth-order valence-corrected chi connectivity index (χ4v) is 3.95. The number of anilines is 1. The predicted molar refractivity (Wildman–Crippen MR) is 99.3 cm³/mol. The normalized spacial score (nSPS) is 18.5. The van der Waals surface area contributed by atoms with Crippen LogP contribution in [0.5, 0.6) is 0 Å². The molecule has 7 nitrogen and oxygen atoms in total. The summed E-state index contributed by atoms with van der Waals surface area (Å²) in [6.45, 7) is 5.12. The highest BCUT2D eigenvalue weighted by molar-refractivity contribution is 5.76. The summed E-state index contributed by atoms with van der Waals surface area (Å²) in [6.07, 6.45) is 9.25. The summed E-state index contributed by atoms with van der Waals surface area (Å²) in [6, 6.07) is 3.92. The van der Waals surface area contributed by atoms with Crippen molar-refractivity contribution in [2.24, 2.45) is 5.92 Å².